The highest BCUT2D eigenvalue weighted by Crippen LogP contribution is 2.32. The van der Waals surface area contributed by atoms with Gasteiger partial charge in [-0.2, -0.15) is 0 Å². The summed E-state index contributed by atoms with van der Waals surface area (Å²) in [6.45, 7) is 1.88. The zero-order valence-electron chi connectivity index (χ0n) is 12.8. The quantitative estimate of drug-likeness (QED) is 0.562. The van der Waals surface area contributed by atoms with Gasteiger partial charge in [0.25, 0.3) is 0 Å². The molecule has 0 aliphatic carbocycles. The first-order chi connectivity index (χ1) is 11.6. The molecule has 1 atom stereocenters. The van der Waals surface area contributed by atoms with Crippen molar-refractivity contribution in [3.05, 3.63) is 48.5 Å². The second-order valence-corrected chi connectivity index (χ2v) is 7.97. The Morgan fingerprint density at radius 2 is 1.67 bits per heavy atom. The second-order valence-electron chi connectivity index (χ2n) is 5.37. The van der Waals surface area contributed by atoms with E-state index in [2.05, 4.69) is 10.2 Å². The molecule has 2 heterocycles. The maximum atomic E-state index is 13.1. The van der Waals surface area contributed by atoms with Crippen LogP contribution < -0.4 is 5.73 Å². The molecule has 5 nitrogen and oxygen atoms in total. The molecule has 7 heteroatoms. The number of hydrogen-bond acceptors (Lipinski definition) is 6. The molecule has 0 saturated heterocycles. The number of aromatic nitrogens is 3. The Hall–Kier alpha value is -2.38. The van der Waals surface area contributed by atoms with Crippen LogP contribution in [0.15, 0.2) is 52.9 Å². The molecule has 0 amide bonds. The van der Waals surface area contributed by atoms with Gasteiger partial charge < -0.3 is 5.73 Å². The molecule has 2 aromatic heterocycles. The third-order valence-corrected chi connectivity index (χ3v) is 5.77. The fraction of sp³-hybridized carbons (Fsp3) is 0.118. The van der Waals surface area contributed by atoms with Crippen molar-refractivity contribution in [1.29, 1.82) is 0 Å². The molecule has 4 aromatic rings. The number of nitrogen functional groups attached to an aromatic ring is 1. The van der Waals surface area contributed by atoms with Gasteiger partial charge in [-0.25, -0.2) is 0 Å². The van der Waals surface area contributed by atoms with E-state index >= 15 is 0 Å². The molecule has 2 aromatic carbocycles. The van der Waals surface area contributed by atoms with Crippen LogP contribution in [0.1, 0.15) is 11.7 Å². The molecule has 2 N–H and O–H groups in total. The number of carbonyl (C=O) groups is 1. The van der Waals surface area contributed by atoms with Crippen molar-refractivity contribution >= 4 is 55.9 Å². The molecule has 120 valence electrons. The van der Waals surface area contributed by atoms with Gasteiger partial charge in [0.1, 0.15) is 0 Å². The average molecular weight is 354 g/mol. The van der Waals surface area contributed by atoms with Gasteiger partial charge in [0, 0.05) is 10.8 Å². The van der Waals surface area contributed by atoms with Gasteiger partial charge in [-0.1, -0.05) is 59.5 Å². The fourth-order valence-electron chi connectivity index (χ4n) is 2.81. The summed E-state index contributed by atoms with van der Waals surface area (Å²) in [5, 5.41) is 10.1. The van der Waals surface area contributed by atoms with Crippen LogP contribution in [-0.4, -0.2) is 25.9 Å². The van der Waals surface area contributed by atoms with Crippen LogP contribution in [0.3, 0.4) is 0 Å². The number of thioether (sulfide) groups is 1. The maximum absolute atomic E-state index is 13.1. The van der Waals surface area contributed by atoms with Crippen molar-refractivity contribution in [2.75, 3.05) is 5.73 Å². The average Bonchev–Trinajstić information content (AvgIpc) is 3.15. The molecule has 0 aliphatic rings. The third-order valence-electron chi connectivity index (χ3n) is 3.85. The van der Waals surface area contributed by atoms with E-state index in [1.807, 2.05) is 55.5 Å². The van der Waals surface area contributed by atoms with E-state index in [1.54, 1.807) is 4.57 Å². The molecule has 0 spiro atoms. The monoisotopic (exact) mass is 354 g/mol. The van der Waals surface area contributed by atoms with Gasteiger partial charge >= 0.3 is 0 Å². The SMILES string of the molecule is C[C@H](Sc1nnc(N)s1)C(=O)n1c2ccccc2c2ccccc21. The van der Waals surface area contributed by atoms with Gasteiger partial charge in [0.15, 0.2) is 4.34 Å². The summed E-state index contributed by atoms with van der Waals surface area (Å²) >= 11 is 2.68. The Balaban J connectivity index is 1.80. The molecule has 0 bridgehead atoms. The highest BCUT2D eigenvalue weighted by molar-refractivity contribution is 8.02. The standard InChI is InChI=1S/C17H14N4OS2/c1-10(23-17-20-19-16(18)24-17)15(22)21-13-8-4-2-6-11(13)12-7-3-5-9-14(12)21/h2-10H,1H3,(H2,18,19)/t10-/m0/s1. The van der Waals surface area contributed by atoms with Gasteiger partial charge in [-0.3, -0.25) is 9.36 Å². The molecule has 0 unspecified atom stereocenters. The topological polar surface area (TPSA) is 73.8 Å². The number of nitrogens with two attached hydrogens (primary N) is 1. The van der Waals surface area contributed by atoms with Crippen LogP contribution in [-0.2, 0) is 0 Å². The molecule has 0 aliphatic heterocycles. The van der Waals surface area contributed by atoms with E-state index in [9.17, 15) is 4.79 Å². The van der Waals surface area contributed by atoms with Gasteiger partial charge in [0.05, 0.1) is 16.3 Å². The van der Waals surface area contributed by atoms with Gasteiger partial charge in [-0.05, 0) is 19.1 Å². The lowest BCUT2D eigenvalue weighted by molar-refractivity contribution is 0.0925. The van der Waals surface area contributed by atoms with Crippen molar-refractivity contribution in [2.45, 2.75) is 16.5 Å². The van der Waals surface area contributed by atoms with Crippen LogP contribution >= 0.6 is 23.1 Å². The predicted molar refractivity (Wildman–Crippen MR) is 99.7 cm³/mol. The summed E-state index contributed by atoms with van der Waals surface area (Å²) < 4.78 is 2.50. The van der Waals surface area contributed by atoms with Gasteiger partial charge in [-0.15, -0.1) is 10.2 Å². The van der Waals surface area contributed by atoms with E-state index < -0.39 is 0 Å². The van der Waals surface area contributed by atoms with Crippen LogP contribution in [0, 0.1) is 0 Å². The van der Waals surface area contributed by atoms with Crippen LogP contribution in [0.25, 0.3) is 21.8 Å². The lowest BCUT2D eigenvalue weighted by atomic mass is 10.2. The number of rotatable bonds is 3. The maximum Gasteiger partial charge on any atom is 0.244 e. The number of anilines is 1. The Morgan fingerprint density at radius 1 is 1.08 bits per heavy atom. The third kappa shape index (κ3) is 2.46. The second kappa shape index (κ2) is 5.92. The molecule has 4 rings (SSSR count). The van der Waals surface area contributed by atoms with Crippen molar-refractivity contribution in [2.24, 2.45) is 0 Å². The highest BCUT2D eigenvalue weighted by Gasteiger charge is 2.22. The largest absolute Gasteiger partial charge is 0.374 e. The number of carbonyl (C=O) groups excluding carboxylic acids is 1. The summed E-state index contributed by atoms with van der Waals surface area (Å²) in [5.41, 5.74) is 7.46. The Morgan fingerprint density at radius 3 is 2.21 bits per heavy atom. The zero-order chi connectivity index (χ0) is 16.7. The lowest BCUT2D eigenvalue weighted by Gasteiger charge is -2.11. The van der Waals surface area contributed by atoms with Crippen LogP contribution in [0.5, 0.6) is 0 Å². The van der Waals surface area contributed by atoms with Crippen molar-refractivity contribution in [3.8, 4) is 0 Å². The minimum Gasteiger partial charge on any atom is -0.374 e. The summed E-state index contributed by atoms with van der Waals surface area (Å²) in [4.78, 5) is 13.1. The fourth-order valence-corrected chi connectivity index (χ4v) is 4.63. The number of fused-ring (bicyclic) bond motifs is 3. The predicted octanol–water partition coefficient (Wildman–Crippen LogP) is 4.05. The van der Waals surface area contributed by atoms with Crippen molar-refractivity contribution in [3.63, 3.8) is 0 Å². The first kappa shape index (κ1) is 15.2. The summed E-state index contributed by atoms with van der Waals surface area (Å²) in [7, 11) is 0. The van der Waals surface area contributed by atoms with E-state index in [1.165, 1.54) is 23.1 Å². The highest BCUT2D eigenvalue weighted by atomic mass is 32.2. The molecule has 0 saturated carbocycles. The van der Waals surface area contributed by atoms with Crippen LogP contribution in [0.2, 0.25) is 0 Å². The number of nitrogens with zero attached hydrogens (tertiary/aromatic N) is 3. The number of para-hydroxylation sites is 2. The van der Waals surface area contributed by atoms with Crippen molar-refractivity contribution in [1.82, 2.24) is 14.8 Å². The Kier molecular flexibility index (Phi) is 3.74. The molecule has 0 fully saturated rings. The Bertz CT molecular complexity index is 1000. The Labute approximate surface area is 146 Å². The molecular weight excluding hydrogens is 340 g/mol. The van der Waals surface area contributed by atoms with E-state index in [4.69, 9.17) is 5.73 Å². The van der Waals surface area contributed by atoms with Gasteiger partial charge in [0.2, 0.25) is 11.0 Å². The minimum absolute atomic E-state index is 0.0196. The normalized spacial score (nSPS) is 12.7. The summed E-state index contributed by atoms with van der Waals surface area (Å²) in [6, 6.07) is 15.9. The van der Waals surface area contributed by atoms with E-state index in [0.717, 1.165) is 21.8 Å². The van der Waals surface area contributed by atoms with Crippen LogP contribution in [0.4, 0.5) is 5.13 Å². The minimum atomic E-state index is -0.295. The first-order valence-corrected chi connectivity index (χ1v) is 9.13. The smallest absolute Gasteiger partial charge is 0.244 e. The lowest BCUT2D eigenvalue weighted by Crippen LogP contribution is -2.21. The van der Waals surface area contributed by atoms with E-state index in [0.29, 0.717) is 9.47 Å². The molecule has 0 radical (unpaired) electrons. The first-order valence-electron chi connectivity index (χ1n) is 7.43. The zero-order valence-corrected chi connectivity index (χ0v) is 14.5. The molecule has 24 heavy (non-hydrogen) atoms. The van der Waals surface area contributed by atoms with Crippen molar-refractivity contribution < 1.29 is 4.79 Å². The summed E-state index contributed by atoms with van der Waals surface area (Å²) in [6.07, 6.45) is 0. The van der Waals surface area contributed by atoms with E-state index in [-0.39, 0.29) is 11.2 Å². The molecular formula is C17H14N4OS2. The number of benzene rings is 2. The summed E-state index contributed by atoms with van der Waals surface area (Å²) in [5.74, 6) is 0.0196. The number of hydrogen-bond donors (Lipinski definition) is 1.